The van der Waals surface area contributed by atoms with E-state index in [-0.39, 0.29) is 41.0 Å². The van der Waals surface area contributed by atoms with Gasteiger partial charge in [-0.15, -0.1) is 0 Å². The molecule has 0 aromatic rings. The number of aliphatic carboxylic acids is 1. The molecule has 5 heteroatoms. The highest BCUT2D eigenvalue weighted by Crippen LogP contribution is 2.69. The maximum absolute atomic E-state index is 13.0. The van der Waals surface area contributed by atoms with E-state index in [9.17, 15) is 19.5 Å². The summed E-state index contributed by atoms with van der Waals surface area (Å²) < 4.78 is 5.23. The lowest BCUT2D eigenvalue weighted by atomic mass is 9.39. The van der Waals surface area contributed by atoms with Crippen LogP contribution in [-0.4, -0.2) is 23.0 Å². The zero-order valence-electron chi connectivity index (χ0n) is 19.2. The second-order valence-electron chi connectivity index (χ2n) is 11.3. The second kappa shape index (κ2) is 6.67. The Bertz CT molecular complexity index is 827. The van der Waals surface area contributed by atoms with Crippen LogP contribution in [0.3, 0.4) is 0 Å². The molecule has 30 heavy (non-hydrogen) atoms. The van der Waals surface area contributed by atoms with Gasteiger partial charge in [0, 0.05) is 5.41 Å². The van der Waals surface area contributed by atoms with Gasteiger partial charge in [0.15, 0.2) is 0 Å². The number of hydrogen-bond donors (Lipinski definition) is 1. The number of ether oxygens (including phenoxy) is 1. The van der Waals surface area contributed by atoms with Gasteiger partial charge in [-0.1, -0.05) is 52.7 Å². The van der Waals surface area contributed by atoms with Crippen LogP contribution in [0.2, 0.25) is 0 Å². The summed E-state index contributed by atoms with van der Waals surface area (Å²) in [6.45, 7) is 12.7. The van der Waals surface area contributed by atoms with Gasteiger partial charge in [0.05, 0.1) is 17.3 Å². The predicted molar refractivity (Wildman–Crippen MR) is 112 cm³/mol. The van der Waals surface area contributed by atoms with Crippen LogP contribution in [0, 0.1) is 51.8 Å². The first-order valence-corrected chi connectivity index (χ1v) is 11.6. The highest BCUT2D eigenvalue weighted by molar-refractivity contribution is 5.98. The standard InChI is InChI=1S/C25H36O5/c1-13(2)16-12-25(19-18(14(16)3)20(26)30-21(19)27)11-8-17-23(5,15(25)4)9-7-10-24(17,6)22(28)29/h12-15,17-19H,7-11H2,1-6H3,(H,28,29). The van der Waals surface area contributed by atoms with Crippen molar-refractivity contribution in [3.63, 3.8) is 0 Å². The van der Waals surface area contributed by atoms with E-state index in [0.29, 0.717) is 6.42 Å². The average Bonchev–Trinajstić information content (AvgIpc) is 2.96. The van der Waals surface area contributed by atoms with E-state index in [1.54, 1.807) is 0 Å². The molecule has 0 bridgehead atoms. The summed E-state index contributed by atoms with van der Waals surface area (Å²) in [5.74, 6) is -1.88. The number of carbonyl (C=O) groups excluding carboxylic acids is 2. The van der Waals surface area contributed by atoms with Gasteiger partial charge in [0.25, 0.3) is 0 Å². The van der Waals surface area contributed by atoms with E-state index < -0.39 is 28.6 Å². The van der Waals surface area contributed by atoms with Crippen LogP contribution in [0.5, 0.6) is 0 Å². The van der Waals surface area contributed by atoms with Gasteiger partial charge in [-0.25, -0.2) is 0 Å². The first-order chi connectivity index (χ1) is 13.9. The molecule has 3 fully saturated rings. The molecule has 8 unspecified atom stereocenters. The van der Waals surface area contributed by atoms with Crippen molar-refractivity contribution in [3.8, 4) is 0 Å². The highest BCUT2D eigenvalue weighted by Gasteiger charge is 2.68. The van der Waals surface area contributed by atoms with Crippen molar-refractivity contribution in [2.24, 2.45) is 51.8 Å². The molecular formula is C25H36O5. The fourth-order valence-corrected chi connectivity index (χ4v) is 8.17. The smallest absolute Gasteiger partial charge is 0.318 e. The van der Waals surface area contributed by atoms with Crippen molar-refractivity contribution in [1.82, 2.24) is 0 Å². The molecule has 1 aliphatic heterocycles. The summed E-state index contributed by atoms with van der Waals surface area (Å²) >= 11 is 0. The molecule has 0 radical (unpaired) electrons. The fourth-order valence-electron chi connectivity index (χ4n) is 8.17. The molecule has 0 amide bonds. The molecule has 1 heterocycles. The van der Waals surface area contributed by atoms with E-state index in [1.807, 2.05) is 6.92 Å². The van der Waals surface area contributed by atoms with E-state index in [4.69, 9.17) is 4.74 Å². The lowest BCUT2D eigenvalue weighted by molar-refractivity contribution is -0.180. The van der Waals surface area contributed by atoms with Gasteiger partial charge < -0.3 is 9.84 Å². The number of esters is 2. The van der Waals surface area contributed by atoms with Crippen LogP contribution >= 0.6 is 0 Å². The summed E-state index contributed by atoms with van der Waals surface area (Å²) in [4.78, 5) is 38.0. The number of carboxylic acids is 1. The van der Waals surface area contributed by atoms with Crippen LogP contribution < -0.4 is 0 Å². The number of allylic oxidation sites excluding steroid dienone is 2. The molecule has 166 valence electrons. The monoisotopic (exact) mass is 416 g/mol. The third-order valence-electron chi connectivity index (χ3n) is 9.96. The van der Waals surface area contributed by atoms with Crippen molar-refractivity contribution >= 4 is 17.9 Å². The molecule has 1 saturated heterocycles. The van der Waals surface area contributed by atoms with E-state index in [1.165, 1.54) is 5.57 Å². The van der Waals surface area contributed by atoms with E-state index in [2.05, 4.69) is 40.7 Å². The number of hydrogen-bond acceptors (Lipinski definition) is 4. The maximum Gasteiger partial charge on any atom is 0.318 e. The minimum atomic E-state index is -0.735. The van der Waals surface area contributed by atoms with Crippen LogP contribution in [0.1, 0.15) is 73.6 Å². The second-order valence-corrected chi connectivity index (χ2v) is 11.3. The minimum Gasteiger partial charge on any atom is -0.481 e. The molecule has 3 aliphatic carbocycles. The van der Waals surface area contributed by atoms with Crippen LogP contribution in [0.4, 0.5) is 0 Å². The molecular weight excluding hydrogens is 380 g/mol. The molecule has 1 N–H and O–H groups in total. The predicted octanol–water partition coefficient (Wildman–Crippen LogP) is 4.85. The molecule has 4 rings (SSSR count). The van der Waals surface area contributed by atoms with Crippen LogP contribution in [0.15, 0.2) is 11.6 Å². The molecule has 0 aromatic heterocycles. The third-order valence-corrected chi connectivity index (χ3v) is 9.96. The minimum absolute atomic E-state index is 0.00653. The summed E-state index contributed by atoms with van der Waals surface area (Å²) in [6, 6.07) is 0. The Morgan fingerprint density at radius 3 is 2.40 bits per heavy atom. The molecule has 1 spiro atoms. The van der Waals surface area contributed by atoms with Crippen LogP contribution in [0.25, 0.3) is 0 Å². The zero-order valence-corrected chi connectivity index (χ0v) is 19.2. The fraction of sp³-hybridized carbons (Fsp3) is 0.800. The van der Waals surface area contributed by atoms with Gasteiger partial charge in [0.1, 0.15) is 0 Å². The van der Waals surface area contributed by atoms with Gasteiger partial charge in [-0.3, -0.25) is 14.4 Å². The summed E-state index contributed by atoms with van der Waals surface area (Å²) in [5.41, 5.74) is -0.129. The van der Waals surface area contributed by atoms with E-state index >= 15 is 0 Å². The number of carbonyl (C=O) groups is 3. The van der Waals surface area contributed by atoms with Gasteiger partial charge in [-0.2, -0.15) is 0 Å². The molecule has 4 aliphatic rings. The van der Waals surface area contributed by atoms with Gasteiger partial charge in [0.2, 0.25) is 0 Å². The Morgan fingerprint density at radius 1 is 1.13 bits per heavy atom. The average molecular weight is 417 g/mol. The lowest BCUT2D eigenvalue weighted by Crippen LogP contribution is -2.60. The SMILES string of the molecule is CC(C)C1=CC2(CCC3C(C)(C(=O)O)CCCC3(C)C2C)C2C(=O)OC(=O)C2C1C. The Balaban J connectivity index is 1.87. The van der Waals surface area contributed by atoms with Crippen molar-refractivity contribution in [1.29, 1.82) is 0 Å². The molecule has 5 nitrogen and oxygen atoms in total. The number of cyclic esters (lactones) is 2. The third kappa shape index (κ3) is 2.56. The van der Waals surface area contributed by atoms with Gasteiger partial charge in [-0.05, 0) is 61.7 Å². The maximum atomic E-state index is 13.0. The molecule has 8 atom stereocenters. The normalized spacial score (nSPS) is 48.2. The zero-order chi connectivity index (χ0) is 22.2. The summed E-state index contributed by atoms with van der Waals surface area (Å²) in [6.07, 6.45) is 6.39. The lowest BCUT2D eigenvalue weighted by Gasteiger charge is -2.63. The van der Waals surface area contributed by atoms with Crippen molar-refractivity contribution < 1.29 is 24.2 Å². The Labute approximate surface area is 179 Å². The van der Waals surface area contributed by atoms with Crippen molar-refractivity contribution in [2.45, 2.75) is 73.6 Å². The summed E-state index contributed by atoms with van der Waals surface area (Å²) in [7, 11) is 0. The van der Waals surface area contributed by atoms with Gasteiger partial charge >= 0.3 is 17.9 Å². The Hall–Kier alpha value is -1.65. The molecule has 0 aromatic carbocycles. The number of carboxylic acid groups (broad SMARTS) is 1. The first kappa shape index (κ1) is 21.6. The number of fused-ring (bicyclic) bond motifs is 3. The number of rotatable bonds is 2. The quantitative estimate of drug-likeness (QED) is 0.395. The molecule has 2 saturated carbocycles. The summed E-state index contributed by atoms with van der Waals surface area (Å²) in [5, 5.41) is 10.1. The van der Waals surface area contributed by atoms with E-state index in [0.717, 1.165) is 25.7 Å². The first-order valence-electron chi connectivity index (χ1n) is 11.6. The Morgan fingerprint density at radius 2 is 1.80 bits per heavy atom. The largest absolute Gasteiger partial charge is 0.481 e. The van der Waals surface area contributed by atoms with Crippen molar-refractivity contribution in [2.75, 3.05) is 0 Å². The highest BCUT2D eigenvalue weighted by atomic mass is 16.6. The van der Waals surface area contributed by atoms with Crippen molar-refractivity contribution in [3.05, 3.63) is 11.6 Å². The van der Waals surface area contributed by atoms with Crippen LogP contribution in [-0.2, 0) is 19.1 Å². The Kier molecular flexibility index (Phi) is 4.80. The topological polar surface area (TPSA) is 80.7 Å².